The van der Waals surface area contributed by atoms with Crippen molar-refractivity contribution in [1.82, 2.24) is 4.90 Å². The highest BCUT2D eigenvalue weighted by molar-refractivity contribution is 7.81. The number of likely N-dealkylation sites (tertiary alicyclic amines) is 1. The summed E-state index contributed by atoms with van der Waals surface area (Å²) in [5.41, 5.74) is 0. The SMILES string of the molecule is O=C(O)CC(O)CN1CC(S)CC1=O. The Morgan fingerprint density at radius 2 is 2.36 bits per heavy atom. The number of rotatable bonds is 4. The topological polar surface area (TPSA) is 77.8 Å². The van der Waals surface area contributed by atoms with E-state index in [4.69, 9.17) is 5.11 Å². The van der Waals surface area contributed by atoms with E-state index in [2.05, 4.69) is 12.6 Å². The number of amides is 1. The van der Waals surface area contributed by atoms with Crippen molar-refractivity contribution < 1.29 is 19.8 Å². The average Bonchev–Trinajstić information content (AvgIpc) is 2.28. The summed E-state index contributed by atoms with van der Waals surface area (Å²) in [4.78, 5) is 22.9. The molecule has 0 aromatic heterocycles. The number of carboxylic acid groups (broad SMARTS) is 1. The van der Waals surface area contributed by atoms with Gasteiger partial charge >= 0.3 is 5.97 Å². The molecule has 2 atom stereocenters. The van der Waals surface area contributed by atoms with E-state index in [9.17, 15) is 14.7 Å². The van der Waals surface area contributed by atoms with Crippen LogP contribution in [-0.4, -0.2) is 51.4 Å². The number of carbonyl (C=O) groups excluding carboxylic acids is 1. The molecule has 1 saturated heterocycles. The molecule has 5 nitrogen and oxygen atoms in total. The first-order valence-corrected chi connectivity index (χ1v) is 4.86. The van der Waals surface area contributed by atoms with Gasteiger partial charge in [-0.1, -0.05) is 0 Å². The number of hydrogen-bond donors (Lipinski definition) is 3. The summed E-state index contributed by atoms with van der Waals surface area (Å²) in [5.74, 6) is -1.14. The van der Waals surface area contributed by atoms with Crippen molar-refractivity contribution in [2.75, 3.05) is 13.1 Å². The first kappa shape index (κ1) is 11.3. The predicted molar refractivity (Wildman–Crippen MR) is 52.2 cm³/mol. The number of carboxylic acids is 1. The Morgan fingerprint density at radius 3 is 2.79 bits per heavy atom. The van der Waals surface area contributed by atoms with Crippen LogP contribution in [0.5, 0.6) is 0 Å². The van der Waals surface area contributed by atoms with Gasteiger partial charge in [0.15, 0.2) is 0 Å². The van der Waals surface area contributed by atoms with E-state index in [1.165, 1.54) is 4.90 Å². The summed E-state index contributed by atoms with van der Waals surface area (Å²) >= 11 is 4.14. The molecule has 1 amide bonds. The Balaban J connectivity index is 2.37. The second kappa shape index (κ2) is 4.65. The molecule has 1 heterocycles. The van der Waals surface area contributed by atoms with E-state index >= 15 is 0 Å². The lowest BCUT2D eigenvalue weighted by atomic mass is 10.2. The fourth-order valence-corrected chi connectivity index (χ4v) is 1.80. The monoisotopic (exact) mass is 219 g/mol. The van der Waals surface area contributed by atoms with E-state index in [1.807, 2.05) is 0 Å². The second-order valence-corrected chi connectivity index (χ2v) is 4.14. The van der Waals surface area contributed by atoms with Gasteiger partial charge in [0.1, 0.15) is 0 Å². The highest BCUT2D eigenvalue weighted by Crippen LogP contribution is 2.16. The van der Waals surface area contributed by atoms with Gasteiger partial charge in [0.05, 0.1) is 12.5 Å². The number of aliphatic carboxylic acids is 1. The molecule has 1 rings (SSSR count). The zero-order valence-corrected chi connectivity index (χ0v) is 8.48. The van der Waals surface area contributed by atoms with Crippen molar-refractivity contribution in [2.24, 2.45) is 0 Å². The second-order valence-electron chi connectivity index (χ2n) is 3.41. The molecule has 0 bridgehead atoms. The smallest absolute Gasteiger partial charge is 0.306 e. The van der Waals surface area contributed by atoms with Crippen LogP contribution in [0.25, 0.3) is 0 Å². The van der Waals surface area contributed by atoms with E-state index in [0.717, 1.165) is 0 Å². The molecule has 1 aliphatic heterocycles. The molecule has 0 spiro atoms. The third-order valence-corrected chi connectivity index (χ3v) is 2.38. The molecule has 2 N–H and O–H groups in total. The molecule has 0 aromatic rings. The van der Waals surface area contributed by atoms with Crippen LogP contribution in [-0.2, 0) is 9.59 Å². The van der Waals surface area contributed by atoms with Gasteiger partial charge in [-0.25, -0.2) is 0 Å². The number of aliphatic hydroxyl groups is 1. The van der Waals surface area contributed by atoms with Gasteiger partial charge in [-0.2, -0.15) is 12.6 Å². The van der Waals surface area contributed by atoms with Crippen LogP contribution in [0.15, 0.2) is 0 Å². The van der Waals surface area contributed by atoms with Crippen molar-refractivity contribution in [3.63, 3.8) is 0 Å². The highest BCUT2D eigenvalue weighted by atomic mass is 32.1. The lowest BCUT2D eigenvalue weighted by Crippen LogP contribution is -2.34. The molecule has 0 saturated carbocycles. The summed E-state index contributed by atoms with van der Waals surface area (Å²) in [6.07, 6.45) is -0.959. The van der Waals surface area contributed by atoms with Gasteiger partial charge in [0.25, 0.3) is 0 Å². The van der Waals surface area contributed by atoms with Crippen LogP contribution in [0.4, 0.5) is 0 Å². The Labute approximate surface area is 87.1 Å². The zero-order chi connectivity index (χ0) is 10.7. The zero-order valence-electron chi connectivity index (χ0n) is 7.59. The van der Waals surface area contributed by atoms with Crippen LogP contribution in [0.3, 0.4) is 0 Å². The van der Waals surface area contributed by atoms with Gasteiger partial charge in [-0.05, 0) is 0 Å². The molecular formula is C8H13NO4S. The maximum absolute atomic E-state index is 11.2. The van der Waals surface area contributed by atoms with Crippen molar-refractivity contribution in [2.45, 2.75) is 24.2 Å². The molecule has 6 heteroatoms. The number of aliphatic hydroxyl groups excluding tert-OH is 1. The first-order chi connectivity index (χ1) is 6.49. The maximum Gasteiger partial charge on any atom is 0.306 e. The summed E-state index contributed by atoms with van der Waals surface area (Å²) < 4.78 is 0. The molecule has 14 heavy (non-hydrogen) atoms. The van der Waals surface area contributed by atoms with Crippen molar-refractivity contribution in [3.8, 4) is 0 Å². The number of nitrogens with zero attached hydrogens (tertiary/aromatic N) is 1. The quantitative estimate of drug-likeness (QED) is 0.549. The molecular weight excluding hydrogens is 206 g/mol. The van der Waals surface area contributed by atoms with Crippen LogP contribution >= 0.6 is 12.6 Å². The molecule has 0 aliphatic carbocycles. The molecule has 1 fully saturated rings. The van der Waals surface area contributed by atoms with Gasteiger partial charge in [-0.15, -0.1) is 0 Å². The van der Waals surface area contributed by atoms with Crippen LogP contribution in [0.1, 0.15) is 12.8 Å². The minimum atomic E-state index is -1.06. The number of β-amino-alcohol motifs (C(OH)–C–C–N with tert-alkyl or cyclic N) is 1. The summed E-state index contributed by atoms with van der Waals surface area (Å²) in [6.45, 7) is 0.570. The van der Waals surface area contributed by atoms with Crippen molar-refractivity contribution in [1.29, 1.82) is 0 Å². The minimum Gasteiger partial charge on any atom is -0.481 e. The number of thiol groups is 1. The molecule has 0 radical (unpaired) electrons. The molecule has 80 valence electrons. The first-order valence-electron chi connectivity index (χ1n) is 4.34. The van der Waals surface area contributed by atoms with E-state index in [0.29, 0.717) is 13.0 Å². The predicted octanol–water partition coefficient (Wildman–Crippen LogP) is -0.647. The summed E-state index contributed by atoms with van der Waals surface area (Å²) in [7, 11) is 0. The Bertz CT molecular complexity index is 245. The highest BCUT2D eigenvalue weighted by Gasteiger charge is 2.28. The normalized spacial score (nSPS) is 24.0. The van der Waals surface area contributed by atoms with Crippen LogP contribution < -0.4 is 0 Å². The van der Waals surface area contributed by atoms with E-state index in [-0.39, 0.29) is 24.1 Å². The fourth-order valence-electron chi connectivity index (χ4n) is 1.45. The maximum atomic E-state index is 11.2. The average molecular weight is 219 g/mol. The largest absolute Gasteiger partial charge is 0.481 e. The van der Waals surface area contributed by atoms with Gasteiger partial charge in [0.2, 0.25) is 5.91 Å². The van der Waals surface area contributed by atoms with Crippen LogP contribution in [0.2, 0.25) is 0 Å². The van der Waals surface area contributed by atoms with Crippen LogP contribution in [0, 0.1) is 0 Å². The third kappa shape index (κ3) is 3.19. The minimum absolute atomic E-state index is 0.000437. The van der Waals surface area contributed by atoms with E-state index < -0.39 is 12.1 Å². The Hall–Kier alpha value is -0.750. The van der Waals surface area contributed by atoms with Crippen molar-refractivity contribution in [3.05, 3.63) is 0 Å². The standard InChI is InChI=1S/C8H13NO4S/c10-5(1-8(12)13)3-9-4-6(14)2-7(9)11/h5-6,10,14H,1-4H2,(H,12,13). The van der Waals surface area contributed by atoms with Gasteiger partial charge < -0.3 is 15.1 Å². The molecule has 1 aliphatic rings. The van der Waals surface area contributed by atoms with Crippen molar-refractivity contribution >= 4 is 24.5 Å². The lowest BCUT2D eigenvalue weighted by molar-refractivity contribution is -0.140. The summed E-state index contributed by atoms with van der Waals surface area (Å²) in [5, 5.41) is 17.7. The fraction of sp³-hybridized carbons (Fsp3) is 0.750. The third-order valence-electron chi connectivity index (χ3n) is 2.04. The van der Waals surface area contributed by atoms with Gasteiger partial charge in [0, 0.05) is 24.8 Å². The number of hydrogen-bond acceptors (Lipinski definition) is 4. The molecule has 2 unspecified atom stereocenters. The van der Waals surface area contributed by atoms with E-state index in [1.54, 1.807) is 0 Å². The van der Waals surface area contributed by atoms with Gasteiger partial charge in [-0.3, -0.25) is 9.59 Å². The lowest BCUT2D eigenvalue weighted by Gasteiger charge is -2.18. The summed E-state index contributed by atoms with van der Waals surface area (Å²) in [6, 6.07) is 0. The molecule has 0 aromatic carbocycles. The Morgan fingerprint density at radius 1 is 1.71 bits per heavy atom. The Kier molecular flexibility index (Phi) is 3.77. The number of carbonyl (C=O) groups is 2.